The molecule has 4 rings (SSSR count). The molecule has 0 fully saturated rings. The minimum atomic E-state index is 0.685. The third-order valence-electron chi connectivity index (χ3n) is 3.56. The third-order valence-corrected chi connectivity index (χ3v) is 4.94. The van der Waals surface area contributed by atoms with Crippen LogP contribution in [0.3, 0.4) is 0 Å². The van der Waals surface area contributed by atoms with Gasteiger partial charge in [0, 0.05) is 47.8 Å². The number of rotatable bonds is 3. The van der Waals surface area contributed by atoms with Gasteiger partial charge >= 0.3 is 0 Å². The lowest BCUT2D eigenvalue weighted by Gasteiger charge is -2.12. The van der Waals surface area contributed by atoms with Crippen LogP contribution in [-0.2, 0) is 0 Å². The number of benzene rings is 1. The molecule has 8 heteroatoms. The number of halogens is 1. The molecule has 3 heterocycles. The first kappa shape index (κ1) is 15.2. The van der Waals surface area contributed by atoms with Crippen LogP contribution in [0.2, 0.25) is 0 Å². The topological polar surface area (TPSA) is 59.2 Å². The van der Waals surface area contributed by atoms with Crippen molar-refractivity contribution in [3.8, 4) is 22.0 Å². The van der Waals surface area contributed by atoms with Gasteiger partial charge in [-0.1, -0.05) is 23.5 Å². The van der Waals surface area contributed by atoms with Crippen LogP contribution in [0.25, 0.3) is 26.9 Å². The summed E-state index contributed by atoms with van der Waals surface area (Å²) < 4.78 is 2.66. The van der Waals surface area contributed by atoms with Crippen molar-refractivity contribution in [2.45, 2.75) is 0 Å². The fourth-order valence-electron chi connectivity index (χ4n) is 2.36. The molecular weight excluding hydrogens is 388 g/mol. The van der Waals surface area contributed by atoms with Crippen LogP contribution in [0.15, 0.2) is 47.2 Å². The zero-order chi connectivity index (χ0) is 16.7. The predicted molar refractivity (Wildman–Crippen MR) is 99.4 cm³/mol. The van der Waals surface area contributed by atoms with Gasteiger partial charge in [-0.3, -0.25) is 4.98 Å². The molecule has 24 heavy (non-hydrogen) atoms. The Bertz CT molecular complexity index is 1020. The van der Waals surface area contributed by atoms with Crippen LogP contribution < -0.4 is 4.90 Å². The Kier molecular flexibility index (Phi) is 3.78. The van der Waals surface area contributed by atoms with Gasteiger partial charge in [0.2, 0.25) is 4.96 Å². The molecule has 4 aromatic rings. The van der Waals surface area contributed by atoms with Crippen molar-refractivity contribution in [1.29, 1.82) is 0 Å². The van der Waals surface area contributed by atoms with Gasteiger partial charge in [0.25, 0.3) is 0 Å². The molecule has 0 bridgehead atoms. The molecule has 0 N–H and O–H groups in total. The van der Waals surface area contributed by atoms with Gasteiger partial charge in [-0.25, -0.2) is 0 Å². The standard InChI is InChI=1S/C16H13BrN6S/c1-22(2)13-5-3-4-10(7-13)15-21-23-14(19-20-16(23)24-15)11-6-12(17)9-18-8-11/h3-9H,1-2H3. The van der Waals surface area contributed by atoms with Crippen LogP contribution in [-0.4, -0.2) is 38.9 Å². The summed E-state index contributed by atoms with van der Waals surface area (Å²) >= 11 is 4.95. The third kappa shape index (κ3) is 2.67. The summed E-state index contributed by atoms with van der Waals surface area (Å²) in [5, 5.41) is 14.1. The van der Waals surface area contributed by atoms with Crippen molar-refractivity contribution in [3.05, 3.63) is 47.2 Å². The van der Waals surface area contributed by atoms with E-state index >= 15 is 0 Å². The van der Waals surface area contributed by atoms with Crippen molar-refractivity contribution in [2.24, 2.45) is 0 Å². The molecule has 0 saturated carbocycles. The van der Waals surface area contributed by atoms with Gasteiger partial charge in [0.15, 0.2) is 5.82 Å². The van der Waals surface area contributed by atoms with Crippen molar-refractivity contribution in [3.63, 3.8) is 0 Å². The van der Waals surface area contributed by atoms with Crippen LogP contribution in [0.1, 0.15) is 0 Å². The minimum absolute atomic E-state index is 0.685. The Morgan fingerprint density at radius 2 is 1.96 bits per heavy atom. The Labute approximate surface area is 150 Å². The molecule has 0 aliphatic heterocycles. The number of nitrogens with zero attached hydrogens (tertiary/aromatic N) is 6. The first-order valence-corrected chi connectivity index (χ1v) is 8.84. The second kappa shape index (κ2) is 5.95. The maximum absolute atomic E-state index is 4.70. The molecule has 0 spiro atoms. The smallest absolute Gasteiger partial charge is 0.235 e. The lowest BCUT2D eigenvalue weighted by Crippen LogP contribution is -2.08. The minimum Gasteiger partial charge on any atom is -0.378 e. The van der Waals surface area contributed by atoms with E-state index in [-0.39, 0.29) is 0 Å². The van der Waals surface area contributed by atoms with Crippen molar-refractivity contribution in [1.82, 2.24) is 24.8 Å². The number of aromatic nitrogens is 5. The fourth-order valence-corrected chi connectivity index (χ4v) is 3.57. The van der Waals surface area contributed by atoms with E-state index in [2.05, 4.69) is 54.2 Å². The molecule has 0 atom stereocenters. The SMILES string of the molecule is CN(C)c1cccc(-c2nn3c(-c4cncc(Br)c4)nnc3s2)c1. The fraction of sp³-hybridized carbons (Fsp3) is 0.125. The van der Waals surface area contributed by atoms with Crippen LogP contribution in [0.5, 0.6) is 0 Å². The summed E-state index contributed by atoms with van der Waals surface area (Å²) in [5.41, 5.74) is 3.07. The van der Waals surface area contributed by atoms with Crippen molar-refractivity contribution in [2.75, 3.05) is 19.0 Å². The first-order chi connectivity index (χ1) is 11.6. The zero-order valence-electron chi connectivity index (χ0n) is 13.0. The normalized spacial score (nSPS) is 11.1. The summed E-state index contributed by atoms with van der Waals surface area (Å²) in [6, 6.07) is 10.2. The average molecular weight is 401 g/mol. The summed E-state index contributed by atoms with van der Waals surface area (Å²) in [6.45, 7) is 0. The molecule has 0 radical (unpaired) electrons. The van der Waals surface area contributed by atoms with Gasteiger partial charge in [0.1, 0.15) is 5.01 Å². The summed E-state index contributed by atoms with van der Waals surface area (Å²) in [7, 11) is 4.05. The van der Waals surface area contributed by atoms with Gasteiger partial charge in [0.05, 0.1) is 0 Å². The monoisotopic (exact) mass is 400 g/mol. The second-order valence-electron chi connectivity index (χ2n) is 5.46. The van der Waals surface area contributed by atoms with E-state index in [1.807, 2.05) is 26.2 Å². The van der Waals surface area contributed by atoms with E-state index in [4.69, 9.17) is 5.10 Å². The largest absolute Gasteiger partial charge is 0.378 e. The number of hydrogen-bond donors (Lipinski definition) is 0. The molecule has 120 valence electrons. The van der Waals surface area contributed by atoms with E-state index in [1.54, 1.807) is 16.9 Å². The lowest BCUT2D eigenvalue weighted by molar-refractivity contribution is 0.968. The molecule has 3 aromatic heterocycles. The molecular formula is C16H13BrN6S. The Balaban J connectivity index is 1.81. The average Bonchev–Trinajstić information content (AvgIpc) is 3.15. The summed E-state index contributed by atoms with van der Waals surface area (Å²) in [5.74, 6) is 0.685. The zero-order valence-corrected chi connectivity index (χ0v) is 15.4. The number of pyridine rings is 1. The van der Waals surface area contributed by atoms with Gasteiger partial charge in [-0.05, 0) is 34.1 Å². The molecule has 0 amide bonds. The molecule has 0 unspecified atom stereocenters. The highest BCUT2D eigenvalue weighted by atomic mass is 79.9. The number of anilines is 1. The van der Waals surface area contributed by atoms with Crippen LogP contribution in [0, 0.1) is 0 Å². The Hall–Kier alpha value is -2.32. The molecule has 0 aliphatic rings. The highest BCUT2D eigenvalue weighted by molar-refractivity contribution is 9.10. The van der Waals surface area contributed by atoms with Crippen LogP contribution in [0.4, 0.5) is 5.69 Å². The highest BCUT2D eigenvalue weighted by Gasteiger charge is 2.15. The molecule has 0 aliphatic carbocycles. The van der Waals surface area contributed by atoms with Crippen molar-refractivity contribution < 1.29 is 0 Å². The maximum atomic E-state index is 4.70. The highest BCUT2D eigenvalue weighted by Crippen LogP contribution is 2.30. The molecule has 6 nitrogen and oxygen atoms in total. The predicted octanol–water partition coefficient (Wildman–Crippen LogP) is 3.74. The number of hydrogen-bond acceptors (Lipinski definition) is 6. The molecule has 1 aromatic carbocycles. The second-order valence-corrected chi connectivity index (χ2v) is 7.33. The lowest BCUT2D eigenvalue weighted by atomic mass is 10.2. The van der Waals surface area contributed by atoms with Gasteiger partial charge in [-0.15, -0.1) is 10.2 Å². The first-order valence-electron chi connectivity index (χ1n) is 7.23. The number of fused-ring (bicyclic) bond motifs is 1. The van der Waals surface area contributed by atoms with E-state index in [1.165, 1.54) is 11.3 Å². The van der Waals surface area contributed by atoms with E-state index < -0.39 is 0 Å². The van der Waals surface area contributed by atoms with E-state index in [9.17, 15) is 0 Å². The van der Waals surface area contributed by atoms with Crippen LogP contribution >= 0.6 is 27.3 Å². The summed E-state index contributed by atoms with van der Waals surface area (Å²) in [6.07, 6.45) is 3.49. The molecule has 0 saturated heterocycles. The van der Waals surface area contributed by atoms with Gasteiger partial charge in [-0.2, -0.15) is 9.61 Å². The summed E-state index contributed by atoms with van der Waals surface area (Å²) in [4.78, 5) is 7.02. The quantitative estimate of drug-likeness (QED) is 0.524. The van der Waals surface area contributed by atoms with E-state index in [0.29, 0.717) is 5.82 Å². The van der Waals surface area contributed by atoms with E-state index in [0.717, 1.165) is 31.3 Å². The maximum Gasteiger partial charge on any atom is 0.235 e. The van der Waals surface area contributed by atoms with Crippen molar-refractivity contribution >= 4 is 37.9 Å². The van der Waals surface area contributed by atoms with Gasteiger partial charge < -0.3 is 4.90 Å². The Morgan fingerprint density at radius 1 is 1.08 bits per heavy atom. The Morgan fingerprint density at radius 3 is 2.75 bits per heavy atom.